The van der Waals surface area contributed by atoms with Crippen molar-refractivity contribution in [2.24, 2.45) is 11.3 Å². The molecule has 2 heterocycles. The van der Waals surface area contributed by atoms with Crippen molar-refractivity contribution in [3.05, 3.63) is 52.3 Å². The molecule has 34 heavy (non-hydrogen) atoms. The van der Waals surface area contributed by atoms with Gasteiger partial charge in [0.15, 0.2) is 5.72 Å². The van der Waals surface area contributed by atoms with Gasteiger partial charge in [0.2, 0.25) is 5.91 Å². The summed E-state index contributed by atoms with van der Waals surface area (Å²) < 4.78 is 15.6. The Balaban J connectivity index is 1.53. The number of carbonyl (C=O) groups excluding carboxylic acids is 1. The fourth-order valence-corrected chi connectivity index (χ4v) is 5.76. The van der Waals surface area contributed by atoms with Gasteiger partial charge in [-0.05, 0) is 31.4 Å². The predicted octanol–water partition coefficient (Wildman–Crippen LogP) is 4.62. The van der Waals surface area contributed by atoms with Crippen molar-refractivity contribution < 1.29 is 14.3 Å². The highest BCUT2D eigenvalue weighted by atomic mass is 19.1. The Labute approximate surface area is 200 Å². The van der Waals surface area contributed by atoms with Gasteiger partial charge in [-0.2, -0.15) is 0 Å². The molecule has 1 atom stereocenters. The van der Waals surface area contributed by atoms with E-state index in [0.29, 0.717) is 31.3 Å². The molecule has 0 radical (unpaired) electrons. The third-order valence-electron chi connectivity index (χ3n) is 7.85. The molecule has 1 aliphatic heterocycles. The molecular formula is C27H36FN3O3. The smallest absolute Gasteiger partial charge is 0.256 e. The molecule has 2 aromatic rings. The summed E-state index contributed by atoms with van der Waals surface area (Å²) in [7, 11) is 0. The summed E-state index contributed by atoms with van der Waals surface area (Å²) >= 11 is 0. The highest BCUT2D eigenvalue weighted by molar-refractivity contribution is 5.76. The molecule has 0 spiro atoms. The number of halogens is 1. The Morgan fingerprint density at radius 2 is 1.91 bits per heavy atom. The highest BCUT2D eigenvalue weighted by Crippen LogP contribution is 2.42. The standard InChI is InChI=1S/C27H36FN3O3/c1-19-29-23(21-11-7-8-12-22(21)28)17-25(33)31(19)27(34)15-16-30(18-26(27,2)3)24(32)14-13-20-9-5-4-6-10-20/h7-8,11-12,17,20,34H,4-6,9-10,13-16,18H2,1-3H3. The van der Waals surface area contributed by atoms with Crippen LogP contribution in [0, 0.1) is 24.1 Å². The van der Waals surface area contributed by atoms with Crippen LogP contribution in [0.5, 0.6) is 0 Å². The predicted molar refractivity (Wildman–Crippen MR) is 130 cm³/mol. The molecule has 1 saturated carbocycles. The Morgan fingerprint density at radius 1 is 1.21 bits per heavy atom. The zero-order chi connectivity index (χ0) is 24.5. The number of nitrogens with zero attached hydrogens (tertiary/aromatic N) is 3. The second kappa shape index (κ2) is 9.61. The van der Waals surface area contributed by atoms with Gasteiger partial charge in [0, 0.05) is 43.0 Å². The van der Waals surface area contributed by atoms with Crippen LogP contribution in [0.25, 0.3) is 11.3 Å². The molecule has 6 nitrogen and oxygen atoms in total. The number of aromatic nitrogens is 2. The molecule has 1 aromatic heterocycles. The average molecular weight is 470 g/mol. The van der Waals surface area contributed by atoms with Gasteiger partial charge < -0.3 is 10.0 Å². The summed E-state index contributed by atoms with van der Waals surface area (Å²) in [6.07, 6.45) is 7.97. The molecule has 1 saturated heterocycles. The third kappa shape index (κ3) is 4.67. The van der Waals surface area contributed by atoms with Crippen LogP contribution in [0.3, 0.4) is 0 Å². The number of benzene rings is 1. The molecule has 1 aromatic carbocycles. The molecule has 184 valence electrons. The van der Waals surface area contributed by atoms with Crippen molar-refractivity contribution in [2.75, 3.05) is 13.1 Å². The minimum Gasteiger partial charge on any atom is -0.370 e. The normalized spacial score (nSPS) is 23.1. The largest absolute Gasteiger partial charge is 0.370 e. The van der Waals surface area contributed by atoms with E-state index in [1.165, 1.54) is 48.8 Å². The third-order valence-corrected chi connectivity index (χ3v) is 7.85. The van der Waals surface area contributed by atoms with E-state index in [1.54, 1.807) is 25.1 Å². The molecule has 2 aliphatic rings. The van der Waals surface area contributed by atoms with E-state index < -0.39 is 22.5 Å². The molecule has 4 rings (SSSR count). The topological polar surface area (TPSA) is 75.4 Å². The van der Waals surface area contributed by atoms with Crippen molar-refractivity contribution in [1.29, 1.82) is 0 Å². The van der Waals surface area contributed by atoms with Gasteiger partial charge >= 0.3 is 0 Å². The summed E-state index contributed by atoms with van der Waals surface area (Å²) in [6.45, 7) is 6.15. The number of hydrogen-bond acceptors (Lipinski definition) is 4. The first-order chi connectivity index (χ1) is 16.1. The lowest BCUT2D eigenvalue weighted by Gasteiger charge is -2.51. The van der Waals surface area contributed by atoms with Gasteiger partial charge in [-0.25, -0.2) is 9.37 Å². The van der Waals surface area contributed by atoms with E-state index in [9.17, 15) is 19.1 Å². The van der Waals surface area contributed by atoms with E-state index in [-0.39, 0.29) is 23.6 Å². The summed E-state index contributed by atoms with van der Waals surface area (Å²) in [5.41, 5.74) is -2.22. The van der Waals surface area contributed by atoms with Crippen molar-refractivity contribution >= 4 is 5.91 Å². The number of hydrogen-bond donors (Lipinski definition) is 1. The number of likely N-dealkylation sites (tertiary alicyclic amines) is 1. The zero-order valence-corrected chi connectivity index (χ0v) is 20.5. The Kier molecular flexibility index (Phi) is 6.94. The maximum absolute atomic E-state index is 14.3. The lowest BCUT2D eigenvalue weighted by molar-refractivity contribution is -0.185. The number of rotatable bonds is 5. The lowest BCUT2D eigenvalue weighted by Crippen LogP contribution is -2.62. The van der Waals surface area contributed by atoms with Crippen molar-refractivity contribution in [3.8, 4) is 11.3 Å². The maximum Gasteiger partial charge on any atom is 0.256 e. The van der Waals surface area contributed by atoms with Crippen molar-refractivity contribution in [2.45, 2.75) is 77.9 Å². The van der Waals surface area contributed by atoms with Gasteiger partial charge in [0.1, 0.15) is 11.6 Å². The monoisotopic (exact) mass is 469 g/mol. The number of piperidine rings is 1. The Morgan fingerprint density at radius 3 is 2.56 bits per heavy atom. The molecule has 2 fully saturated rings. The van der Waals surface area contributed by atoms with Crippen LogP contribution in [-0.4, -0.2) is 38.6 Å². The summed E-state index contributed by atoms with van der Waals surface area (Å²) in [5, 5.41) is 11.8. The Bertz CT molecular complexity index is 1110. The van der Waals surface area contributed by atoms with Crippen LogP contribution in [-0.2, 0) is 10.5 Å². The van der Waals surface area contributed by atoms with E-state index in [4.69, 9.17) is 0 Å². The SMILES string of the molecule is Cc1nc(-c2ccccc2F)cc(=O)n1C1(O)CCN(C(=O)CCC2CCCCC2)CC1(C)C. The van der Waals surface area contributed by atoms with E-state index in [1.807, 2.05) is 18.7 Å². The van der Waals surface area contributed by atoms with Crippen LogP contribution in [0.15, 0.2) is 35.1 Å². The first-order valence-corrected chi connectivity index (χ1v) is 12.5. The highest BCUT2D eigenvalue weighted by Gasteiger charge is 2.51. The van der Waals surface area contributed by atoms with Crippen LogP contribution in [0.4, 0.5) is 4.39 Å². The molecule has 1 unspecified atom stereocenters. The van der Waals surface area contributed by atoms with Gasteiger partial charge in [0.25, 0.3) is 5.56 Å². The minimum atomic E-state index is -1.50. The van der Waals surface area contributed by atoms with E-state index in [2.05, 4.69) is 4.98 Å². The quantitative estimate of drug-likeness (QED) is 0.693. The van der Waals surface area contributed by atoms with Gasteiger partial charge in [-0.1, -0.05) is 58.1 Å². The number of aryl methyl sites for hydroxylation is 1. The van der Waals surface area contributed by atoms with Crippen LogP contribution >= 0.6 is 0 Å². The lowest BCUT2D eigenvalue weighted by atomic mass is 9.75. The second-order valence-electron chi connectivity index (χ2n) is 10.7. The number of aliphatic hydroxyl groups is 1. The first-order valence-electron chi connectivity index (χ1n) is 12.5. The summed E-state index contributed by atoms with van der Waals surface area (Å²) in [4.78, 5) is 32.5. The van der Waals surface area contributed by atoms with Crippen LogP contribution < -0.4 is 5.56 Å². The average Bonchev–Trinajstić information content (AvgIpc) is 2.80. The Hall–Kier alpha value is -2.54. The fraction of sp³-hybridized carbons (Fsp3) is 0.593. The minimum absolute atomic E-state index is 0.123. The molecule has 1 amide bonds. The number of carbonyl (C=O) groups is 1. The molecule has 0 bridgehead atoms. The van der Waals surface area contributed by atoms with E-state index >= 15 is 0 Å². The van der Waals surface area contributed by atoms with Crippen molar-refractivity contribution in [3.63, 3.8) is 0 Å². The molecule has 1 N–H and O–H groups in total. The van der Waals surface area contributed by atoms with E-state index in [0.717, 1.165) is 6.42 Å². The number of amides is 1. The molecule has 1 aliphatic carbocycles. The zero-order valence-electron chi connectivity index (χ0n) is 20.5. The second-order valence-corrected chi connectivity index (χ2v) is 10.7. The summed E-state index contributed by atoms with van der Waals surface area (Å²) in [6, 6.07) is 7.47. The van der Waals surface area contributed by atoms with Crippen LogP contribution in [0.2, 0.25) is 0 Å². The van der Waals surface area contributed by atoms with Gasteiger partial charge in [-0.15, -0.1) is 0 Å². The maximum atomic E-state index is 14.3. The molecule has 7 heteroatoms. The molecular weight excluding hydrogens is 433 g/mol. The fourth-order valence-electron chi connectivity index (χ4n) is 5.76. The van der Waals surface area contributed by atoms with Crippen LogP contribution in [0.1, 0.15) is 71.0 Å². The van der Waals surface area contributed by atoms with Crippen molar-refractivity contribution in [1.82, 2.24) is 14.5 Å². The van der Waals surface area contributed by atoms with Gasteiger partial charge in [-0.3, -0.25) is 14.2 Å². The first kappa shape index (κ1) is 24.6. The van der Waals surface area contributed by atoms with Gasteiger partial charge in [0.05, 0.1) is 5.69 Å². The summed E-state index contributed by atoms with van der Waals surface area (Å²) in [5.74, 6) is 0.634.